The van der Waals surface area contributed by atoms with Gasteiger partial charge in [-0.1, -0.05) is 95.9 Å². The third kappa shape index (κ3) is 16.2. The molecule has 360 valence electrons. The summed E-state index contributed by atoms with van der Waals surface area (Å²) >= 11 is 0. The van der Waals surface area contributed by atoms with Gasteiger partial charge in [-0.05, 0) is 70.8 Å². The smallest absolute Gasteiger partial charge is 0.137 e. The molecule has 16 aliphatic rings. The van der Waals surface area contributed by atoms with E-state index in [1.807, 2.05) is 121 Å². The van der Waals surface area contributed by atoms with E-state index in [-0.39, 0.29) is 26.9 Å². The van der Waals surface area contributed by atoms with E-state index in [9.17, 15) is 0 Å². The van der Waals surface area contributed by atoms with Gasteiger partial charge in [-0.2, -0.15) is 0 Å². The van der Waals surface area contributed by atoms with E-state index in [2.05, 4.69) is 67.3 Å². The molecule has 0 spiro atoms. The minimum absolute atomic E-state index is 0.201. The molecule has 16 heterocycles. The van der Waals surface area contributed by atoms with Gasteiger partial charge in [0.1, 0.15) is 49.9 Å². The van der Waals surface area contributed by atoms with Crippen LogP contribution in [0.1, 0.15) is 66.8 Å². The average molecular weight is 957 g/mol. The molecule has 0 atom stereocenters. The van der Waals surface area contributed by atoms with E-state index in [1.165, 1.54) is 0 Å². The maximum Gasteiger partial charge on any atom is 0.137 e. The highest BCUT2D eigenvalue weighted by Crippen LogP contribution is 2.29. The summed E-state index contributed by atoms with van der Waals surface area (Å²) < 4.78 is 45.2. The summed E-state index contributed by atoms with van der Waals surface area (Å²) in [5.74, 6) is 28.1. The van der Waals surface area contributed by atoms with Crippen LogP contribution in [0.15, 0.2) is 141 Å². The fourth-order valence-corrected chi connectivity index (χ4v) is 6.63. The summed E-state index contributed by atoms with van der Waals surface area (Å²) in [4.78, 5) is 17.5. The molecule has 6 aromatic carbocycles. The van der Waals surface area contributed by atoms with Gasteiger partial charge in [-0.3, -0.25) is 20.0 Å². The van der Waals surface area contributed by atoms with Crippen molar-refractivity contribution in [2.45, 2.75) is 0 Å². The number of hydrogen-bond acceptors (Lipinski definition) is 12. The van der Waals surface area contributed by atoms with Gasteiger partial charge < -0.3 is 37.9 Å². The van der Waals surface area contributed by atoms with E-state index in [0.29, 0.717) is 71.7 Å². The van der Waals surface area contributed by atoms with Crippen molar-refractivity contribution >= 4 is 24.9 Å². The Hall–Kier alpha value is -8.72. The quantitative estimate of drug-likeness (QED) is 0.161. The molecule has 22 rings (SSSR count). The molecule has 0 saturated heterocycles. The summed E-state index contributed by atoms with van der Waals surface area (Å²) in [5, 5.41) is 0. The second-order valence-corrected chi connectivity index (χ2v) is 15.4. The number of aliphatic imine (C=N–C) groups is 4. The largest absolute Gasteiger partial charge is 0.495 e. The molecule has 0 radical (unpaired) electrons. The van der Waals surface area contributed by atoms with Gasteiger partial charge in [0.05, 0.1) is 77.1 Å². The molecule has 0 fully saturated rings. The lowest BCUT2D eigenvalue weighted by molar-refractivity contribution is 0.0543. The Morgan fingerprint density at radius 3 is 0.708 bits per heavy atom. The van der Waals surface area contributed by atoms with Gasteiger partial charge in [-0.15, -0.1) is 0 Å². The molecule has 0 amide bonds. The third-order valence-corrected chi connectivity index (χ3v) is 10.4. The second-order valence-electron chi connectivity index (χ2n) is 15.4. The van der Waals surface area contributed by atoms with Gasteiger partial charge in [-0.25, -0.2) is 0 Å². The van der Waals surface area contributed by atoms with E-state index in [0.717, 1.165) is 44.5 Å². The Morgan fingerprint density at radius 1 is 0.306 bits per heavy atom. The summed E-state index contributed by atoms with van der Waals surface area (Å²) in [6, 6.07) is 38.4. The van der Waals surface area contributed by atoms with E-state index < -0.39 is 0 Å². The van der Waals surface area contributed by atoms with Crippen LogP contribution in [0.25, 0.3) is 0 Å². The summed E-state index contributed by atoms with van der Waals surface area (Å²) in [6.45, 7) is 2.33. The molecule has 72 heavy (non-hydrogen) atoms. The van der Waals surface area contributed by atoms with Crippen LogP contribution < -0.4 is 18.9 Å². The summed E-state index contributed by atoms with van der Waals surface area (Å²) in [7, 11) is 6.43. The van der Waals surface area contributed by atoms with Crippen LogP contribution in [0, 0.1) is 47.4 Å². The molecule has 16 aliphatic heterocycles. The van der Waals surface area contributed by atoms with Crippen molar-refractivity contribution in [2.75, 3.05) is 81.8 Å². The molecular formula is C60H52N4O8. The van der Waals surface area contributed by atoms with Gasteiger partial charge in [0.2, 0.25) is 0 Å². The Labute approximate surface area is 421 Å². The Balaban J connectivity index is 0.996. The van der Waals surface area contributed by atoms with Crippen molar-refractivity contribution in [3.05, 3.63) is 188 Å². The normalized spacial score (nSPS) is 15.3. The van der Waals surface area contributed by atoms with Crippen molar-refractivity contribution in [1.82, 2.24) is 0 Å². The van der Waals surface area contributed by atoms with E-state index in [4.69, 9.17) is 37.9 Å². The zero-order valence-electron chi connectivity index (χ0n) is 40.6. The third-order valence-electron chi connectivity index (χ3n) is 10.4. The van der Waals surface area contributed by atoms with Crippen molar-refractivity contribution < 1.29 is 37.9 Å². The number of methoxy groups -OCH3 is 4. The summed E-state index contributed by atoms with van der Waals surface area (Å²) in [5.41, 5.74) is 9.70. The van der Waals surface area contributed by atoms with Crippen LogP contribution in [0.2, 0.25) is 0 Å². The Bertz CT molecular complexity index is 2710. The highest BCUT2D eigenvalue weighted by Gasteiger charge is 2.10. The van der Waals surface area contributed by atoms with Crippen LogP contribution in [-0.4, -0.2) is 107 Å². The van der Waals surface area contributed by atoms with Crippen LogP contribution in [0.4, 0.5) is 0 Å². The lowest BCUT2D eigenvalue weighted by Gasteiger charge is -2.09. The highest BCUT2D eigenvalue weighted by molar-refractivity contribution is 5.81. The Morgan fingerprint density at radius 2 is 0.514 bits per heavy atom. The van der Waals surface area contributed by atoms with Gasteiger partial charge in [0, 0.05) is 71.4 Å². The molecule has 12 nitrogen and oxygen atoms in total. The van der Waals surface area contributed by atoms with Crippen molar-refractivity contribution in [3.63, 3.8) is 0 Å². The second kappa shape index (κ2) is 28.1. The Kier molecular flexibility index (Phi) is 19.9. The number of ether oxygens (including phenoxy) is 8. The molecule has 0 saturated carbocycles. The lowest BCUT2D eigenvalue weighted by atomic mass is 10.1. The molecular weight excluding hydrogens is 905 g/mol. The van der Waals surface area contributed by atoms with Gasteiger partial charge in [0.25, 0.3) is 0 Å². The fourth-order valence-electron chi connectivity index (χ4n) is 6.63. The molecule has 0 N–H and O–H groups in total. The molecule has 0 aliphatic carbocycles. The van der Waals surface area contributed by atoms with Crippen LogP contribution >= 0.6 is 0 Å². The maximum atomic E-state index is 5.69. The fraction of sp³-hybridized carbons (Fsp3) is 0.200. The SMILES string of the molecule is COc1cc2c(OC)cc1C#Cc1ccc(cc1)/C=N/COCCOC/N=C/c1ccc(cc1)C#Cc1cc(OC)c(cc1OC)C#Cc1ccc(cc1)/C=N/COCCOC/N=C/c1ccc(cc1)C#C2. The first-order valence-electron chi connectivity index (χ1n) is 22.8. The summed E-state index contributed by atoms with van der Waals surface area (Å²) in [6.07, 6.45) is 7.03. The molecule has 0 aromatic heterocycles. The predicted molar refractivity (Wildman–Crippen MR) is 282 cm³/mol. The van der Waals surface area contributed by atoms with Gasteiger partial charge in [0.15, 0.2) is 0 Å². The number of benzene rings is 6. The molecule has 6 aromatic rings. The van der Waals surface area contributed by atoms with Crippen molar-refractivity contribution in [1.29, 1.82) is 0 Å². The standard InChI is InChI=1S/C60H52N4O8/c1-65-57-33-54-26-22-46-7-15-50(16-8-46)38-62-42-70-31-32-72-44-64-40-52-19-11-48(12-20-52)24-28-56-36-59(67-3)55(35-60(56)68-4)27-23-47-9-17-51(18-10-47)39-63-43-71-30-29-69-41-61-37-49-13-5-45(6-14-49)21-25-53(57)34-58(54)66-2/h5-20,33-40H,29-32,41-44H2,1-4H3/b61-37+,62-38+,63-39+,64-40+. The highest BCUT2D eigenvalue weighted by atomic mass is 16.5. The van der Waals surface area contributed by atoms with Crippen LogP contribution in [-0.2, 0) is 18.9 Å². The molecule has 0 unspecified atom stereocenters. The zero-order valence-corrected chi connectivity index (χ0v) is 40.6. The number of nitrogens with zero attached hydrogens (tertiary/aromatic N) is 4. The first-order valence-corrected chi connectivity index (χ1v) is 22.8. The van der Waals surface area contributed by atoms with Crippen molar-refractivity contribution in [2.24, 2.45) is 20.0 Å². The topological polar surface area (TPSA) is 123 Å². The number of rotatable bonds is 4. The number of hydrogen-bond donors (Lipinski definition) is 0. The predicted octanol–water partition coefficient (Wildman–Crippen LogP) is 8.61. The zero-order chi connectivity index (χ0) is 50.0. The maximum absolute atomic E-state index is 5.69. The van der Waals surface area contributed by atoms with E-state index in [1.54, 1.807) is 53.3 Å². The first kappa shape index (κ1) is 51.1. The molecule has 12 bridgehead atoms. The minimum Gasteiger partial charge on any atom is -0.495 e. The monoisotopic (exact) mass is 956 g/mol. The van der Waals surface area contributed by atoms with Crippen LogP contribution in [0.3, 0.4) is 0 Å². The minimum atomic E-state index is 0.201. The van der Waals surface area contributed by atoms with Crippen molar-refractivity contribution in [3.8, 4) is 70.4 Å². The molecule has 12 heteroatoms. The first-order chi connectivity index (χ1) is 35.5. The van der Waals surface area contributed by atoms with E-state index >= 15 is 0 Å². The van der Waals surface area contributed by atoms with Crippen LogP contribution in [0.5, 0.6) is 23.0 Å². The average Bonchev–Trinajstić information content (AvgIpc) is 3.42. The van der Waals surface area contributed by atoms with Gasteiger partial charge >= 0.3 is 0 Å². The lowest BCUT2D eigenvalue weighted by Crippen LogP contribution is -2.04.